The van der Waals surface area contributed by atoms with Crippen LogP contribution in [0.25, 0.3) is 0 Å². The van der Waals surface area contributed by atoms with Crippen molar-refractivity contribution in [1.29, 1.82) is 0 Å². The molecule has 0 aromatic rings. The average Bonchev–Trinajstić information content (AvgIpc) is 3.24. The van der Waals surface area contributed by atoms with E-state index < -0.39 is 5.67 Å². The summed E-state index contributed by atoms with van der Waals surface area (Å²) in [6.07, 6.45) is 12.9. The van der Waals surface area contributed by atoms with Crippen molar-refractivity contribution in [2.75, 3.05) is 0 Å². The second-order valence-electron chi connectivity index (χ2n) is 10.7. The molecule has 0 saturated heterocycles. The topological polar surface area (TPSA) is 20.2 Å². The van der Waals surface area contributed by atoms with Crippen LogP contribution in [0.15, 0.2) is 0 Å². The third-order valence-corrected chi connectivity index (χ3v) is 6.90. The Morgan fingerprint density at radius 1 is 1.04 bits per heavy atom. The van der Waals surface area contributed by atoms with Crippen LogP contribution in [-0.4, -0.2) is 16.9 Å². The van der Waals surface area contributed by atoms with Gasteiger partial charge in [0.25, 0.3) is 0 Å². The van der Waals surface area contributed by atoms with Gasteiger partial charge in [0.1, 0.15) is 5.67 Å². The minimum Gasteiger partial charge on any atom is -0.393 e. The maximum Gasteiger partial charge on any atom is 0.105 e. The Morgan fingerprint density at radius 2 is 1.64 bits per heavy atom. The molecule has 2 heteroatoms. The van der Waals surface area contributed by atoms with Crippen LogP contribution in [0.5, 0.6) is 0 Å². The van der Waals surface area contributed by atoms with Crippen molar-refractivity contribution in [2.45, 2.75) is 117 Å². The molecule has 1 N–H and O–H groups in total. The number of aliphatic hydroxyl groups is 1. The molecule has 0 radical (unpaired) electrons. The molecular formula is C23H43FO. The van der Waals surface area contributed by atoms with E-state index in [1.807, 2.05) is 0 Å². The second-order valence-corrected chi connectivity index (χ2v) is 10.7. The number of aliphatic hydroxyl groups excluding tert-OH is 1. The van der Waals surface area contributed by atoms with Gasteiger partial charge in [0.2, 0.25) is 0 Å². The van der Waals surface area contributed by atoms with Crippen molar-refractivity contribution >= 4 is 0 Å². The smallest absolute Gasteiger partial charge is 0.105 e. The molecular weight excluding hydrogens is 311 g/mol. The lowest BCUT2D eigenvalue weighted by atomic mass is 9.71. The lowest BCUT2D eigenvalue weighted by Gasteiger charge is -2.35. The Hall–Kier alpha value is -0.110. The first-order chi connectivity index (χ1) is 11.6. The van der Waals surface area contributed by atoms with Crippen molar-refractivity contribution in [3.05, 3.63) is 0 Å². The van der Waals surface area contributed by atoms with Crippen LogP contribution in [-0.2, 0) is 0 Å². The summed E-state index contributed by atoms with van der Waals surface area (Å²) < 4.78 is 14.0. The highest BCUT2D eigenvalue weighted by Gasteiger charge is 2.49. The van der Waals surface area contributed by atoms with Crippen LogP contribution in [0.1, 0.15) is 105 Å². The Morgan fingerprint density at radius 3 is 2.12 bits per heavy atom. The third kappa shape index (κ3) is 7.19. The van der Waals surface area contributed by atoms with E-state index >= 15 is 0 Å². The van der Waals surface area contributed by atoms with E-state index in [1.54, 1.807) is 13.8 Å². The highest BCUT2D eigenvalue weighted by Crippen LogP contribution is 2.60. The number of halogens is 1. The lowest BCUT2D eigenvalue weighted by molar-refractivity contribution is 0.0769. The quantitative estimate of drug-likeness (QED) is 0.451. The Balaban J connectivity index is 1.84. The maximum absolute atomic E-state index is 14.0. The Labute approximate surface area is 156 Å². The molecule has 0 amide bonds. The van der Waals surface area contributed by atoms with Crippen LogP contribution in [0.4, 0.5) is 4.39 Å². The molecule has 0 aromatic carbocycles. The summed E-state index contributed by atoms with van der Waals surface area (Å²) in [4.78, 5) is 0. The third-order valence-electron chi connectivity index (χ3n) is 6.90. The summed E-state index contributed by atoms with van der Waals surface area (Å²) in [5.41, 5.74) is -0.430. The zero-order valence-corrected chi connectivity index (χ0v) is 17.5. The van der Waals surface area contributed by atoms with Crippen molar-refractivity contribution in [3.8, 4) is 0 Å². The monoisotopic (exact) mass is 354 g/mol. The Kier molecular flexibility index (Phi) is 7.39. The van der Waals surface area contributed by atoms with E-state index in [0.717, 1.165) is 31.1 Å². The van der Waals surface area contributed by atoms with Crippen LogP contribution in [0.2, 0.25) is 0 Å². The fraction of sp³-hybridized carbons (Fsp3) is 1.00. The maximum atomic E-state index is 14.0. The lowest BCUT2D eigenvalue weighted by Crippen LogP contribution is -2.27. The molecule has 2 atom stereocenters. The molecule has 148 valence electrons. The molecule has 2 fully saturated rings. The predicted molar refractivity (Wildman–Crippen MR) is 105 cm³/mol. The molecule has 25 heavy (non-hydrogen) atoms. The van der Waals surface area contributed by atoms with Crippen molar-refractivity contribution < 1.29 is 9.50 Å². The second kappa shape index (κ2) is 8.72. The molecule has 2 aliphatic rings. The average molecular weight is 355 g/mol. The molecule has 2 saturated carbocycles. The van der Waals surface area contributed by atoms with E-state index in [9.17, 15) is 9.50 Å². The number of hydrogen-bond donors (Lipinski definition) is 1. The van der Waals surface area contributed by atoms with Gasteiger partial charge in [0, 0.05) is 0 Å². The van der Waals surface area contributed by atoms with Gasteiger partial charge < -0.3 is 5.11 Å². The van der Waals surface area contributed by atoms with Crippen molar-refractivity contribution in [2.24, 2.45) is 29.1 Å². The van der Waals surface area contributed by atoms with Gasteiger partial charge >= 0.3 is 0 Å². The van der Waals surface area contributed by atoms with Crippen molar-refractivity contribution in [3.63, 3.8) is 0 Å². The highest BCUT2D eigenvalue weighted by molar-refractivity contribution is 5.00. The molecule has 2 rings (SSSR count). The normalized spacial score (nSPS) is 28.8. The first-order valence-corrected chi connectivity index (χ1v) is 11.0. The highest BCUT2D eigenvalue weighted by atomic mass is 19.1. The molecule has 1 nitrogen and oxygen atoms in total. The van der Waals surface area contributed by atoms with Crippen molar-refractivity contribution in [1.82, 2.24) is 0 Å². The van der Waals surface area contributed by atoms with E-state index in [4.69, 9.17) is 0 Å². The molecule has 0 spiro atoms. The fourth-order valence-electron chi connectivity index (χ4n) is 5.52. The molecule has 1 unspecified atom stereocenters. The van der Waals surface area contributed by atoms with Gasteiger partial charge in [-0.2, -0.15) is 0 Å². The van der Waals surface area contributed by atoms with Crippen LogP contribution in [0.3, 0.4) is 0 Å². The first-order valence-electron chi connectivity index (χ1n) is 11.0. The van der Waals surface area contributed by atoms with Crippen LogP contribution < -0.4 is 0 Å². The summed E-state index contributed by atoms with van der Waals surface area (Å²) in [6.45, 7) is 10.5. The number of alkyl halides is 1. The van der Waals surface area contributed by atoms with Gasteiger partial charge in [0.15, 0.2) is 0 Å². The molecule has 0 bridgehead atoms. The number of rotatable bonds is 10. The predicted octanol–water partition coefficient (Wildman–Crippen LogP) is 6.92. The number of hydrogen-bond acceptors (Lipinski definition) is 1. The van der Waals surface area contributed by atoms with E-state index in [-0.39, 0.29) is 6.10 Å². The van der Waals surface area contributed by atoms with Crippen LogP contribution in [0, 0.1) is 29.1 Å². The van der Waals surface area contributed by atoms with Gasteiger partial charge in [-0.25, -0.2) is 4.39 Å². The van der Waals surface area contributed by atoms with Gasteiger partial charge in [-0.05, 0) is 114 Å². The summed E-state index contributed by atoms with van der Waals surface area (Å²) in [6, 6.07) is 0. The molecule has 0 aliphatic heterocycles. The summed E-state index contributed by atoms with van der Waals surface area (Å²) in [7, 11) is 0. The van der Waals surface area contributed by atoms with E-state index in [0.29, 0.717) is 23.7 Å². The zero-order chi connectivity index (χ0) is 18.7. The summed E-state index contributed by atoms with van der Waals surface area (Å²) >= 11 is 0. The largest absolute Gasteiger partial charge is 0.393 e. The van der Waals surface area contributed by atoms with E-state index in [1.165, 1.54) is 44.9 Å². The molecule has 2 aliphatic carbocycles. The SMILES string of the molecule is CC(C)C[C@H](CCC(C)(C)F)CC(C)CC1(C2CCC(O)CC2)CC1. The van der Waals surface area contributed by atoms with Gasteiger partial charge in [0.05, 0.1) is 6.10 Å². The molecule has 0 heterocycles. The zero-order valence-electron chi connectivity index (χ0n) is 17.5. The molecule has 0 aromatic heterocycles. The fourth-order valence-corrected chi connectivity index (χ4v) is 5.52. The van der Waals surface area contributed by atoms with Gasteiger partial charge in [-0.1, -0.05) is 20.8 Å². The van der Waals surface area contributed by atoms with E-state index in [2.05, 4.69) is 20.8 Å². The summed E-state index contributed by atoms with van der Waals surface area (Å²) in [5.74, 6) is 2.98. The standard InChI is InChI=1S/C23H43FO/c1-17(2)14-19(10-11-22(4,5)24)15-18(3)16-23(12-13-23)20-6-8-21(25)9-7-20/h17-21,25H,6-16H2,1-5H3/t18?,19-,20?,21?/m0/s1. The minimum absolute atomic E-state index is 0.0380. The Bertz CT molecular complexity index is 385. The van der Waals surface area contributed by atoms with Gasteiger partial charge in [-0.3, -0.25) is 0 Å². The first kappa shape index (κ1) is 21.2. The summed E-state index contributed by atoms with van der Waals surface area (Å²) in [5, 5.41) is 9.79. The van der Waals surface area contributed by atoms with Crippen LogP contribution >= 0.6 is 0 Å². The van der Waals surface area contributed by atoms with Gasteiger partial charge in [-0.15, -0.1) is 0 Å². The minimum atomic E-state index is -1.03.